The third kappa shape index (κ3) is 4.89. The summed E-state index contributed by atoms with van der Waals surface area (Å²) in [6.07, 6.45) is -5.07. The van der Waals surface area contributed by atoms with Crippen LogP contribution in [0.2, 0.25) is 0 Å². The molecule has 1 heterocycles. The summed E-state index contributed by atoms with van der Waals surface area (Å²) in [4.78, 5) is 27.7. The summed E-state index contributed by atoms with van der Waals surface area (Å²) in [6, 6.07) is 7.22. The first kappa shape index (κ1) is 18.6. The van der Waals surface area contributed by atoms with Gasteiger partial charge in [0.1, 0.15) is 18.2 Å². The Morgan fingerprint density at radius 3 is 2.52 bits per heavy atom. The van der Waals surface area contributed by atoms with E-state index in [0.717, 1.165) is 0 Å². The van der Waals surface area contributed by atoms with Crippen LogP contribution in [0.25, 0.3) is 0 Å². The summed E-state index contributed by atoms with van der Waals surface area (Å²) in [5, 5.41) is 37.3. The highest BCUT2D eigenvalue weighted by molar-refractivity contribution is 5.89. The number of aliphatic hydroxyl groups excluding tert-OH is 3. The summed E-state index contributed by atoms with van der Waals surface area (Å²) in [7, 11) is 0. The van der Waals surface area contributed by atoms with Gasteiger partial charge >= 0.3 is 6.09 Å². The van der Waals surface area contributed by atoms with E-state index in [1.165, 1.54) is 6.92 Å². The normalized spacial score (nSPS) is 27.3. The zero-order valence-electron chi connectivity index (χ0n) is 13.3. The van der Waals surface area contributed by atoms with Gasteiger partial charge in [-0.2, -0.15) is 0 Å². The van der Waals surface area contributed by atoms with E-state index in [9.17, 15) is 24.9 Å². The van der Waals surface area contributed by atoms with Crippen molar-refractivity contribution >= 4 is 23.6 Å². The molecule has 0 unspecified atom stereocenters. The van der Waals surface area contributed by atoms with E-state index in [1.807, 2.05) is 0 Å². The van der Waals surface area contributed by atoms with Gasteiger partial charge < -0.3 is 25.4 Å². The van der Waals surface area contributed by atoms with Crippen LogP contribution in [0, 0.1) is 0 Å². The lowest BCUT2D eigenvalue weighted by Gasteiger charge is -2.37. The van der Waals surface area contributed by atoms with Gasteiger partial charge in [0.2, 0.25) is 5.91 Å². The molecule has 2 rings (SSSR count). The molecular formula is C15H19N3O7. The number of amides is 2. The molecule has 10 nitrogen and oxygen atoms in total. The maximum Gasteiger partial charge on any atom is 0.437 e. The number of rotatable bonds is 4. The first-order valence-corrected chi connectivity index (χ1v) is 7.44. The Morgan fingerprint density at radius 2 is 1.92 bits per heavy atom. The Labute approximate surface area is 143 Å². The monoisotopic (exact) mass is 353 g/mol. The van der Waals surface area contributed by atoms with Gasteiger partial charge in [-0.1, -0.05) is 18.2 Å². The maximum absolute atomic E-state index is 11.7. The molecule has 136 valence electrons. The summed E-state index contributed by atoms with van der Waals surface area (Å²) >= 11 is 0. The Hall–Kier alpha value is -2.69. The number of carbonyl (C=O) groups is 2. The lowest BCUT2D eigenvalue weighted by Crippen LogP contribution is -2.62. The molecule has 10 heteroatoms. The van der Waals surface area contributed by atoms with Gasteiger partial charge in [0.25, 0.3) is 5.90 Å². The molecule has 0 radical (unpaired) electrons. The molecule has 1 aromatic rings. The number of anilines is 1. The van der Waals surface area contributed by atoms with E-state index in [1.54, 1.807) is 30.3 Å². The van der Waals surface area contributed by atoms with Crippen LogP contribution in [0.5, 0.6) is 0 Å². The van der Waals surface area contributed by atoms with Crippen LogP contribution in [0.3, 0.4) is 0 Å². The number of para-hydroxylation sites is 1. The van der Waals surface area contributed by atoms with Crippen molar-refractivity contribution in [2.45, 2.75) is 31.3 Å². The van der Waals surface area contributed by atoms with Crippen LogP contribution in [0.15, 0.2) is 35.5 Å². The van der Waals surface area contributed by atoms with E-state index in [-0.39, 0.29) is 5.90 Å². The van der Waals surface area contributed by atoms with Crippen LogP contribution in [0.4, 0.5) is 10.5 Å². The number of benzene rings is 1. The molecule has 0 spiro atoms. The van der Waals surface area contributed by atoms with E-state index >= 15 is 0 Å². The third-order valence-corrected chi connectivity index (χ3v) is 3.39. The lowest BCUT2D eigenvalue weighted by molar-refractivity contribution is -0.126. The first-order chi connectivity index (χ1) is 11.9. The van der Waals surface area contributed by atoms with Gasteiger partial charge in [-0.25, -0.2) is 4.79 Å². The number of carbonyl (C=O) groups excluding carboxylic acids is 2. The first-order valence-electron chi connectivity index (χ1n) is 7.44. The Bertz CT molecular complexity index is 637. The Kier molecular flexibility index (Phi) is 6.28. The van der Waals surface area contributed by atoms with Crippen LogP contribution in [-0.2, 0) is 14.4 Å². The second-order valence-corrected chi connectivity index (χ2v) is 5.30. The molecule has 1 aliphatic heterocycles. The van der Waals surface area contributed by atoms with E-state index in [0.29, 0.717) is 5.69 Å². The van der Waals surface area contributed by atoms with Crippen molar-refractivity contribution in [1.29, 1.82) is 0 Å². The molecule has 1 aromatic carbocycles. The average Bonchev–Trinajstić information content (AvgIpc) is 2.59. The highest BCUT2D eigenvalue weighted by Gasteiger charge is 2.44. The van der Waals surface area contributed by atoms with Gasteiger partial charge in [-0.05, 0) is 17.3 Å². The molecule has 0 aromatic heterocycles. The van der Waals surface area contributed by atoms with Gasteiger partial charge in [0, 0.05) is 12.6 Å². The minimum absolute atomic E-state index is 0.352. The van der Waals surface area contributed by atoms with Crippen LogP contribution in [-0.4, -0.2) is 64.2 Å². The number of nitrogens with zero attached hydrogens (tertiary/aromatic N) is 1. The molecule has 2 amide bonds. The fraction of sp³-hybridized carbons (Fsp3) is 0.400. The predicted octanol–water partition coefficient (Wildman–Crippen LogP) is -0.834. The molecular weight excluding hydrogens is 334 g/mol. The number of hydrogen-bond acceptors (Lipinski definition) is 8. The Morgan fingerprint density at radius 1 is 1.24 bits per heavy atom. The third-order valence-electron chi connectivity index (χ3n) is 3.39. The van der Waals surface area contributed by atoms with Gasteiger partial charge in [0.15, 0.2) is 6.10 Å². The van der Waals surface area contributed by atoms with Crippen LogP contribution in [0.1, 0.15) is 6.92 Å². The summed E-state index contributed by atoms with van der Waals surface area (Å²) in [6.45, 7) is 0.581. The van der Waals surface area contributed by atoms with Crippen molar-refractivity contribution in [3.63, 3.8) is 0 Å². The van der Waals surface area contributed by atoms with Crippen molar-refractivity contribution in [3.8, 4) is 0 Å². The molecule has 1 aliphatic rings. The van der Waals surface area contributed by atoms with E-state index in [4.69, 9.17) is 4.74 Å². The van der Waals surface area contributed by atoms with Crippen LogP contribution >= 0.6 is 0 Å². The molecule has 1 saturated heterocycles. The molecule has 25 heavy (non-hydrogen) atoms. The summed E-state index contributed by atoms with van der Waals surface area (Å²) < 4.78 is 5.20. The predicted molar refractivity (Wildman–Crippen MR) is 85.6 cm³/mol. The highest BCUT2D eigenvalue weighted by atomic mass is 16.7. The Balaban J connectivity index is 2.09. The quantitative estimate of drug-likeness (QED) is 0.350. The molecule has 0 aliphatic carbocycles. The second kappa shape index (κ2) is 8.42. The van der Waals surface area contributed by atoms with Crippen LogP contribution < -0.4 is 10.6 Å². The minimum Gasteiger partial charge on any atom is -0.468 e. The number of aliphatic hydroxyl groups is 3. The fourth-order valence-electron chi connectivity index (χ4n) is 2.20. The van der Waals surface area contributed by atoms with E-state index in [2.05, 4.69) is 20.6 Å². The van der Waals surface area contributed by atoms with Gasteiger partial charge in [-0.15, -0.1) is 0 Å². The topological polar surface area (TPSA) is 150 Å². The van der Waals surface area contributed by atoms with Crippen molar-refractivity contribution in [2.75, 3.05) is 11.9 Å². The zero-order valence-corrected chi connectivity index (χ0v) is 13.3. The number of ether oxygens (including phenoxy) is 1. The largest absolute Gasteiger partial charge is 0.468 e. The standard InChI is InChI=1S/C15H19N3O7/c1-8(20)16-11-13(22)12(21)10(7-19)24-14(11)18-25-15(23)17-9-5-3-2-4-6-9/h2-6,10-13,19,21-22H,7H2,1H3,(H,16,20)(H,17,23)/t10-,11-,12+,13-/m1/s1. The number of oxime groups is 1. The zero-order chi connectivity index (χ0) is 18.4. The SMILES string of the molecule is CC(=O)N[C@H]1C(=NOC(=O)Nc2ccccc2)O[C@H](CO)[C@H](O)[C@@H]1O. The maximum atomic E-state index is 11.7. The van der Waals surface area contributed by atoms with Crippen molar-refractivity contribution < 1.29 is 34.5 Å². The average molecular weight is 353 g/mol. The fourth-order valence-corrected chi connectivity index (χ4v) is 2.20. The molecule has 0 saturated carbocycles. The molecule has 4 atom stereocenters. The number of nitrogens with one attached hydrogen (secondary N) is 2. The van der Waals surface area contributed by atoms with Crippen molar-refractivity contribution in [3.05, 3.63) is 30.3 Å². The second-order valence-electron chi connectivity index (χ2n) is 5.30. The van der Waals surface area contributed by atoms with E-state index < -0.39 is 43.0 Å². The molecule has 5 N–H and O–H groups in total. The van der Waals surface area contributed by atoms with Gasteiger partial charge in [-0.3, -0.25) is 14.9 Å². The molecule has 1 fully saturated rings. The van der Waals surface area contributed by atoms with Gasteiger partial charge in [0.05, 0.1) is 6.61 Å². The smallest absolute Gasteiger partial charge is 0.437 e. The lowest BCUT2D eigenvalue weighted by atomic mass is 9.97. The molecule has 0 bridgehead atoms. The summed E-state index contributed by atoms with van der Waals surface area (Å²) in [5.41, 5.74) is 0.472. The highest BCUT2D eigenvalue weighted by Crippen LogP contribution is 2.18. The van der Waals surface area contributed by atoms with Crippen molar-refractivity contribution in [2.24, 2.45) is 5.16 Å². The number of hydrogen-bond donors (Lipinski definition) is 5. The minimum atomic E-state index is -1.51. The summed E-state index contributed by atoms with van der Waals surface area (Å²) in [5.74, 6) is -0.876. The van der Waals surface area contributed by atoms with Crippen molar-refractivity contribution in [1.82, 2.24) is 5.32 Å².